The summed E-state index contributed by atoms with van der Waals surface area (Å²) >= 11 is 12.0. The van der Waals surface area contributed by atoms with Crippen LogP contribution in [-0.2, 0) is 20.2 Å². The van der Waals surface area contributed by atoms with Crippen LogP contribution in [-0.4, -0.2) is 47.8 Å². The maximum absolute atomic E-state index is 11.9. The number of hydrogen-bond donors (Lipinski definition) is 2. The number of anilines is 1. The van der Waals surface area contributed by atoms with Gasteiger partial charge in [-0.15, -0.1) is 28.3 Å². The first kappa shape index (κ1) is 30.7. The molecule has 2 unspecified atom stereocenters. The van der Waals surface area contributed by atoms with Gasteiger partial charge in [0.05, 0.1) is 32.3 Å². The molecule has 1 saturated carbocycles. The van der Waals surface area contributed by atoms with E-state index in [1.54, 1.807) is 30.3 Å². The number of halogens is 2. The van der Waals surface area contributed by atoms with Crippen LogP contribution in [0.1, 0.15) is 0 Å². The summed E-state index contributed by atoms with van der Waals surface area (Å²) in [5, 5.41) is 20.0. The molecule has 2 N–H and O–H groups in total. The van der Waals surface area contributed by atoms with Gasteiger partial charge in [-0.1, -0.05) is 18.2 Å². The first-order valence-corrected chi connectivity index (χ1v) is 12.8. The number of nitrogens with zero attached hydrogens (tertiary/aromatic N) is 2. The smallest absolute Gasteiger partial charge is 0.744 e. The van der Waals surface area contributed by atoms with Crippen molar-refractivity contribution in [2.75, 3.05) is 5.32 Å². The van der Waals surface area contributed by atoms with Gasteiger partial charge in [0.1, 0.15) is 25.9 Å². The Morgan fingerprint density at radius 1 is 0.886 bits per heavy atom. The van der Waals surface area contributed by atoms with E-state index in [0.717, 1.165) is 18.2 Å². The molecular formula is C19H13Cl2N3Na2O7S2. The van der Waals surface area contributed by atoms with Crippen LogP contribution < -0.4 is 64.4 Å². The molecule has 1 aliphatic carbocycles. The van der Waals surface area contributed by atoms with E-state index in [0.29, 0.717) is 5.69 Å². The molecule has 0 heterocycles. The van der Waals surface area contributed by atoms with E-state index in [1.165, 1.54) is 0 Å². The molecule has 3 aromatic carbocycles. The largest absolute Gasteiger partial charge is 1.00 e. The molecule has 4 rings (SSSR count). The third kappa shape index (κ3) is 6.70. The van der Waals surface area contributed by atoms with Crippen molar-refractivity contribution in [2.45, 2.75) is 26.6 Å². The van der Waals surface area contributed by atoms with Crippen LogP contribution in [0.5, 0.6) is 5.75 Å². The van der Waals surface area contributed by atoms with E-state index < -0.39 is 58.3 Å². The molecule has 3 aromatic rings. The number of azo groups is 1. The number of nitrogens with one attached hydrogen (secondary N) is 1. The molecule has 174 valence electrons. The standard InChI is InChI=1S/C19H15Cl2N3O7S2.2Na/c20-15-16(21)18(15)22-12-8-11(32(26,27)28)6-9-7-13(33(29,30)31)17(19(25)14(9)12)24-23-10-4-2-1-3-5-10;;/h1-8,15-16,18,22,25H,(H,26,27,28)(H,29,30,31);;/q;2*+1/p-2. The number of phenolic OH excluding ortho intramolecular Hbond substituents is 1. The number of rotatable bonds is 6. The van der Waals surface area contributed by atoms with E-state index in [4.69, 9.17) is 23.2 Å². The Hall–Kier alpha value is -0.480. The second-order valence-electron chi connectivity index (χ2n) is 7.14. The van der Waals surface area contributed by atoms with Gasteiger partial charge < -0.3 is 19.5 Å². The molecule has 1 aliphatic rings. The van der Waals surface area contributed by atoms with E-state index in [2.05, 4.69) is 15.5 Å². The quantitative estimate of drug-likeness (QED) is 0.144. The molecule has 0 saturated heterocycles. The van der Waals surface area contributed by atoms with E-state index in [9.17, 15) is 31.0 Å². The first-order valence-electron chi connectivity index (χ1n) is 9.15. The van der Waals surface area contributed by atoms with Crippen LogP contribution >= 0.6 is 23.2 Å². The van der Waals surface area contributed by atoms with E-state index >= 15 is 0 Å². The van der Waals surface area contributed by atoms with Crippen molar-refractivity contribution in [2.24, 2.45) is 10.2 Å². The zero-order valence-corrected chi connectivity index (χ0v) is 25.4. The Labute approximate surface area is 255 Å². The van der Waals surface area contributed by atoms with Crippen molar-refractivity contribution in [3.8, 4) is 5.75 Å². The Bertz CT molecular complexity index is 1500. The molecule has 10 nitrogen and oxygen atoms in total. The van der Waals surface area contributed by atoms with Crippen molar-refractivity contribution in [3.63, 3.8) is 0 Å². The van der Waals surface area contributed by atoms with E-state index in [-0.39, 0.29) is 75.6 Å². The van der Waals surface area contributed by atoms with Gasteiger partial charge in [-0.3, -0.25) is 0 Å². The SMILES string of the molecule is O=S(=O)([O-])c1cc(NC2C(Cl)C2Cl)c2c(O)c(N=Nc3ccccc3)c(S(=O)(=O)[O-])cc2c1.[Na+].[Na+]. The van der Waals surface area contributed by atoms with Gasteiger partial charge in [-0.2, -0.15) is 5.11 Å². The number of alkyl halides is 2. The van der Waals surface area contributed by atoms with Gasteiger partial charge in [0.2, 0.25) is 0 Å². The molecule has 1 fully saturated rings. The number of hydrogen-bond acceptors (Lipinski definition) is 10. The van der Waals surface area contributed by atoms with Crippen molar-refractivity contribution in [3.05, 3.63) is 48.5 Å². The average molecular weight is 576 g/mol. The topological polar surface area (TPSA) is 171 Å². The maximum Gasteiger partial charge on any atom is 1.00 e. The molecule has 2 atom stereocenters. The number of benzene rings is 3. The van der Waals surface area contributed by atoms with Gasteiger partial charge in [-0.25, -0.2) is 16.8 Å². The Morgan fingerprint density at radius 2 is 1.49 bits per heavy atom. The summed E-state index contributed by atoms with van der Waals surface area (Å²) in [7, 11) is -10.2. The molecule has 0 spiro atoms. The van der Waals surface area contributed by atoms with Crippen LogP contribution in [0.15, 0.2) is 68.6 Å². The number of phenols is 1. The molecule has 0 bridgehead atoms. The summed E-state index contributed by atoms with van der Waals surface area (Å²) in [6.07, 6.45) is 0. The van der Waals surface area contributed by atoms with Crippen LogP contribution in [0.4, 0.5) is 17.1 Å². The zero-order chi connectivity index (χ0) is 24.1. The Kier molecular flexibility index (Phi) is 10.1. The van der Waals surface area contributed by atoms with E-state index in [1.807, 2.05) is 0 Å². The van der Waals surface area contributed by atoms with Gasteiger partial charge in [0.15, 0.2) is 5.75 Å². The minimum absolute atomic E-state index is 0. The van der Waals surface area contributed by atoms with Crippen LogP contribution in [0.2, 0.25) is 0 Å². The number of aromatic hydroxyl groups is 1. The van der Waals surface area contributed by atoms with Gasteiger partial charge in [-0.05, 0) is 35.7 Å². The van der Waals surface area contributed by atoms with Crippen LogP contribution in [0.25, 0.3) is 10.8 Å². The summed E-state index contributed by atoms with van der Waals surface area (Å²) in [6.45, 7) is 0. The Balaban J connectivity index is 0.00000216. The summed E-state index contributed by atoms with van der Waals surface area (Å²) in [4.78, 5) is -1.67. The Morgan fingerprint density at radius 3 is 2.00 bits per heavy atom. The third-order valence-electron chi connectivity index (χ3n) is 4.87. The molecule has 0 radical (unpaired) electrons. The molecular weight excluding hydrogens is 563 g/mol. The fraction of sp³-hybridized carbons (Fsp3) is 0.158. The molecule has 0 amide bonds. The number of fused-ring (bicyclic) bond motifs is 1. The minimum Gasteiger partial charge on any atom is -0.744 e. The molecule has 35 heavy (non-hydrogen) atoms. The first-order chi connectivity index (χ1) is 15.4. The van der Waals surface area contributed by atoms with Gasteiger partial charge in [0, 0.05) is 11.1 Å². The summed E-state index contributed by atoms with van der Waals surface area (Å²) in [5.41, 5.74) is -0.405. The molecule has 16 heteroatoms. The molecule has 0 aliphatic heterocycles. The minimum atomic E-state index is -5.20. The molecule has 0 aromatic heterocycles. The van der Waals surface area contributed by atoms with Crippen molar-refractivity contribution in [1.82, 2.24) is 0 Å². The maximum atomic E-state index is 11.9. The average Bonchev–Trinajstić information content (AvgIpc) is 3.30. The summed E-state index contributed by atoms with van der Waals surface area (Å²) in [6, 6.07) is 10.2. The van der Waals surface area contributed by atoms with Crippen molar-refractivity contribution >= 4 is 71.3 Å². The predicted octanol–water partition coefficient (Wildman–Crippen LogP) is -2.21. The van der Waals surface area contributed by atoms with Crippen molar-refractivity contribution in [1.29, 1.82) is 0 Å². The monoisotopic (exact) mass is 575 g/mol. The zero-order valence-electron chi connectivity index (χ0n) is 18.2. The van der Waals surface area contributed by atoms with Gasteiger partial charge in [0.25, 0.3) is 0 Å². The van der Waals surface area contributed by atoms with Gasteiger partial charge >= 0.3 is 59.1 Å². The van der Waals surface area contributed by atoms with Crippen molar-refractivity contribution < 1.29 is 90.2 Å². The van der Waals surface area contributed by atoms with Crippen LogP contribution in [0, 0.1) is 0 Å². The van der Waals surface area contributed by atoms with Crippen LogP contribution in [0.3, 0.4) is 0 Å². The normalized spacial score (nSPS) is 19.7. The second-order valence-corrected chi connectivity index (χ2v) is 10.9. The second kappa shape index (κ2) is 11.5. The predicted molar refractivity (Wildman–Crippen MR) is 119 cm³/mol. The fourth-order valence-corrected chi connectivity index (χ4v) is 5.02. The summed E-state index contributed by atoms with van der Waals surface area (Å²) < 4.78 is 70.6. The third-order valence-corrected chi connectivity index (χ3v) is 7.75. The summed E-state index contributed by atoms with van der Waals surface area (Å²) in [5.74, 6) is -0.767. The fourth-order valence-electron chi connectivity index (χ4n) is 3.19.